The Morgan fingerprint density at radius 2 is 2.00 bits per heavy atom. The van der Waals surface area contributed by atoms with Gasteiger partial charge >= 0.3 is 0 Å². The van der Waals surface area contributed by atoms with E-state index in [0.717, 1.165) is 24.4 Å². The molecule has 1 aliphatic carbocycles. The van der Waals surface area contributed by atoms with Gasteiger partial charge in [0.2, 0.25) is 0 Å². The first-order chi connectivity index (χ1) is 9.79. The number of aryl methyl sites for hydroxylation is 1. The van der Waals surface area contributed by atoms with Crippen LogP contribution in [0.3, 0.4) is 0 Å². The molecule has 0 aliphatic heterocycles. The number of benzene rings is 1. The van der Waals surface area contributed by atoms with Crippen molar-refractivity contribution in [1.82, 2.24) is 9.55 Å². The average Bonchev–Trinajstić information content (AvgIpc) is 2.69. The molecule has 20 heavy (non-hydrogen) atoms. The number of fused-ring (bicyclic) bond motifs is 1. The number of nitrogens with zero attached hydrogens (tertiary/aromatic N) is 2. The Bertz CT molecular complexity index is 575. The summed E-state index contributed by atoms with van der Waals surface area (Å²) < 4.78 is 2.39. The van der Waals surface area contributed by atoms with Crippen LogP contribution < -0.4 is 0 Å². The van der Waals surface area contributed by atoms with Gasteiger partial charge in [-0.25, -0.2) is 4.98 Å². The van der Waals surface area contributed by atoms with Gasteiger partial charge < -0.3 is 4.57 Å². The van der Waals surface area contributed by atoms with Crippen LogP contribution in [0.1, 0.15) is 44.9 Å². The largest absolute Gasteiger partial charge is 0.328 e. The van der Waals surface area contributed by atoms with Crippen molar-refractivity contribution in [3.8, 4) is 0 Å². The maximum Gasteiger partial charge on any atom is 0.110 e. The highest BCUT2D eigenvalue weighted by molar-refractivity contribution is 9.09. The number of rotatable bonds is 3. The van der Waals surface area contributed by atoms with E-state index in [9.17, 15) is 0 Å². The molecule has 1 saturated carbocycles. The summed E-state index contributed by atoms with van der Waals surface area (Å²) in [6, 6.07) is 8.51. The molecule has 0 bridgehead atoms. The van der Waals surface area contributed by atoms with Crippen LogP contribution in [0, 0.1) is 5.92 Å². The molecule has 108 valence electrons. The molecule has 2 nitrogen and oxygen atoms in total. The molecule has 1 aromatic carbocycles. The van der Waals surface area contributed by atoms with Crippen LogP contribution in [0.4, 0.5) is 0 Å². The van der Waals surface area contributed by atoms with Gasteiger partial charge in [-0.15, -0.1) is 0 Å². The van der Waals surface area contributed by atoms with Crippen LogP contribution in [-0.2, 0) is 13.0 Å². The zero-order chi connectivity index (χ0) is 13.9. The molecule has 1 heterocycles. The zero-order valence-electron chi connectivity index (χ0n) is 12.2. The Labute approximate surface area is 129 Å². The zero-order valence-corrected chi connectivity index (χ0v) is 13.8. The molecular weight excluding hydrogens is 312 g/mol. The molecule has 0 N–H and O–H groups in total. The van der Waals surface area contributed by atoms with E-state index in [1.165, 1.54) is 43.4 Å². The van der Waals surface area contributed by atoms with E-state index in [2.05, 4.69) is 51.7 Å². The van der Waals surface area contributed by atoms with Crippen molar-refractivity contribution in [2.45, 2.75) is 56.8 Å². The lowest BCUT2D eigenvalue weighted by molar-refractivity contribution is 0.457. The smallest absolute Gasteiger partial charge is 0.110 e. The fraction of sp³-hybridized carbons (Fsp3) is 0.588. The third-order valence-corrected chi connectivity index (χ3v) is 5.77. The fourth-order valence-electron chi connectivity index (χ4n) is 3.44. The summed E-state index contributed by atoms with van der Waals surface area (Å²) in [5.41, 5.74) is 2.42. The first-order valence-electron chi connectivity index (χ1n) is 7.87. The van der Waals surface area contributed by atoms with Crippen molar-refractivity contribution < 1.29 is 0 Å². The molecule has 2 atom stereocenters. The Balaban J connectivity index is 1.89. The highest BCUT2D eigenvalue weighted by Gasteiger charge is 2.23. The van der Waals surface area contributed by atoms with Crippen molar-refractivity contribution in [1.29, 1.82) is 0 Å². The second-order valence-corrected chi connectivity index (χ2v) is 7.06. The minimum Gasteiger partial charge on any atom is -0.328 e. The summed E-state index contributed by atoms with van der Waals surface area (Å²) in [5.74, 6) is 2.00. The van der Waals surface area contributed by atoms with Crippen LogP contribution in [0.5, 0.6) is 0 Å². The monoisotopic (exact) mass is 334 g/mol. The molecule has 2 aromatic rings. The van der Waals surface area contributed by atoms with E-state index in [4.69, 9.17) is 4.98 Å². The van der Waals surface area contributed by atoms with Gasteiger partial charge in [0.05, 0.1) is 11.0 Å². The molecule has 1 aromatic heterocycles. The lowest BCUT2D eigenvalue weighted by atomic mass is 9.96. The van der Waals surface area contributed by atoms with Gasteiger partial charge in [0.15, 0.2) is 0 Å². The van der Waals surface area contributed by atoms with E-state index in [-0.39, 0.29) is 0 Å². The van der Waals surface area contributed by atoms with Gasteiger partial charge in [0, 0.05) is 17.8 Å². The summed E-state index contributed by atoms with van der Waals surface area (Å²) in [7, 11) is 0. The van der Waals surface area contributed by atoms with E-state index in [1.54, 1.807) is 0 Å². The van der Waals surface area contributed by atoms with Crippen molar-refractivity contribution in [2.24, 2.45) is 5.92 Å². The quantitative estimate of drug-likeness (QED) is 0.574. The number of halogens is 1. The number of hydrogen-bond acceptors (Lipinski definition) is 1. The Morgan fingerprint density at radius 1 is 1.20 bits per heavy atom. The van der Waals surface area contributed by atoms with Crippen molar-refractivity contribution in [3.63, 3.8) is 0 Å². The van der Waals surface area contributed by atoms with Crippen LogP contribution in [0.15, 0.2) is 24.3 Å². The second kappa shape index (κ2) is 6.30. The van der Waals surface area contributed by atoms with Crippen molar-refractivity contribution in [2.75, 3.05) is 0 Å². The average molecular weight is 335 g/mol. The van der Waals surface area contributed by atoms with E-state index >= 15 is 0 Å². The second-order valence-electron chi connectivity index (χ2n) is 5.88. The Hall–Kier alpha value is -0.830. The molecule has 3 heteroatoms. The SMILES string of the molecule is CCn1c(CC2CCCCCC2Br)nc2ccccc21. The summed E-state index contributed by atoms with van der Waals surface area (Å²) in [6.45, 7) is 3.23. The minimum absolute atomic E-state index is 0.662. The first-order valence-corrected chi connectivity index (χ1v) is 8.79. The molecular formula is C17H23BrN2. The topological polar surface area (TPSA) is 17.8 Å². The molecule has 2 unspecified atom stereocenters. The third-order valence-electron chi connectivity index (χ3n) is 4.56. The fourth-order valence-corrected chi connectivity index (χ4v) is 4.21. The molecule has 3 rings (SSSR count). The maximum absolute atomic E-state index is 4.88. The number of imidazole rings is 1. The van der Waals surface area contributed by atoms with Gasteiger partial charge in [0.1, 0.15) is 5.82 Å². The number of aromatic nitrogens is 2. The number of alkyl halides is 1. The van der Waals surface area contributed by atoms with Gasteiger partial charge in [0.25, 0.3) is 0 Å². The lowest BCUT2D eigenvalue weighted by Crippen LogP contribution is -2.18. The van der Waals surface area contributed by atoms with Gasteiger partial charge in [-0.3, -0.25) is 0 Å². The predicted molar refractivity (Wildman–Crippen MR) is 88.4 cm³/mol. The predicted octanol–water partition coefficient (Wildman–Crippen LogP) is 4.94. The van der Waals surface area contributed by atoms with Crippen LogP contribution in [0.2, 0.25) is 0 Å². The Kier molecular flexibility index (Phi) is 4.45. The highest BCUT2D eigenvalue weighted by atomic mass is 79.9. The van der Waals surface area contributed by atoms with Gasteiger partial charge in [-0.1, -0.05) is 47.3 Å². The van der Waals surface area contributed by atoms with Crippen molar-refractivity contribution in [3.05, 3.63) is 30.1 Å². The van der Waals surface area contributed by atoms with Gasteiger partial charge in [-0.05, 0) is 37.8 Å². The number of para-hydroxylation sites is 2. The summed E-state index contributed by atoms with van der Waals surface area (Å²) >= 11 is 3.92. The van der Waals surface area contributed by atoms with E-state index in [1.807, 2.05) is 0 Å². The molecule has 1 fully saturated rings. The minimum atomic E-state index is 0.662. The standard InChI is InChI=1S/C17H23BrN2/c1-2-20-16-11-7-6-10-15(16)19-17(20)12-13-8-4-3-5-9-14(13)18/h6-7,10-11,13-14H,2-5,8-9,12H2,1H3. The molecule has 0 saturated heterocycles. The summed E-state index contributed by atoms with van der Waals surface area (Å²) in [5, 5.41) is 0. The van der Waals surface area contributed by atoms with Crippen LogP contribution in [-0.4, -0.2) is 14.4 Å². The molecule has 0 radical (unpaired) electrons. The summed E-state index contributed by atoms with van der Waals surface area (Å²) in [4.78, 5) is 5.55. The maximum atomic E-state index is 4.88. The molecule has 1 aliphatic rings. The van der Waals surface area contributed by atoms with Gasteiger partial charge in [-0.2, -0.15) is 0 Å². The summed E-state index contributed by atoms with van der Waals surface area (Å²) in [6.07, 6.45) is 7.90. The van der Waals surface area contributed by atoms with E-state index < -0.39 is 0 Å². The molecule has 0 amide bonds. The van der Waals surface area contributed by atoms with Crippen LogP contribution in [0.25, 0.3) is 11.0 Å². The third kappa shape index (κ3) is 2.78. The number of hydrogen-bond donors (Lipinski definition) is 0. The normalized spacial score (nSPS) is 23.9. The molecule has 0 spiro atoms. The highest BCUT2D eigenvalue weighted by Crippen LogP contribution is 2.31. The lowest BCUT2D eigenvalue weighted by Gasteiger charge is -2.20. The van der Waals surface area contributed by atoms with Crippen LogP contribution >= 0.6 is 15.9 Å². The first kappa shape index (κ1) is 14.1. The Morgan fingerprint density at radius 3 is 2.85 bits per heavy atom. The van der Waals surface area contributed by atoms with E-state index in [0.29, 0.717) is 4.83 Å². The van der Waals surface area contributed by atoms with Crippen molar-refractivity contribution >= 4 is 27.0 Å².